The lowest BCUT2D eigenvalue weighted by Crippen LogP contribution is -2.28. The van der Waals surface area contributed by atoms with Crippen LogP contribution >= 0.6 is 0 Å². The Balaban J connectivity index is 1.48. The molecule has 0 bridgehead atoms. The van der Waals surface area contributed by atoms with E-state index in [1.807, 2.05) is 6.92 Å². The highest BCUT2D eigenvalue weighted by atomic mass is 19.1. The third-order valence-corrected chi connectivity index (χ3v) is 5.53. The monoisotopic (exact) mass is 422 g/mol. The molecule has 0 radical (unpaired) electrons. The molecule has 4 aromatic rings. The van der Waals surface area contributed by atoms with Gasteiger partial charge >= 0.3 is 0 Å². The minimum Gasteiger partial charge on any atom is -0.493 e. The van der Waals surface area contributed by atoms with Gasteiger partial charge in [-0.2, -0.15) is 0 Å². The van der Waals surface area contributed by atoms with Gasteiger partial charge in [-0.05, 0) is 50.6 Å². The summed E-state index contributed by atoms with van der Waals surface area (Å²) in [6.45, 7) is 3.45. The van der Waals surface area contributed by atoms with Crippen molar-refractivity contribution in [1.82, 2.24) is 20.3 Å². The van der Waals surface area contributed by atoms with E-state index in [2.05, 4.69) is 20.3 Å². The molecule has 3 heterocycles. The second kappa shape index (κ2) is 8.03. The SMILES string of the molecule is COc1cc2c(Oc3ccc4[nH]c(C)cc4c3F)ncnc2cc1OC[C@H]1CCCN1. The van der Waals surface area contributed by atoms with E-state index in [-0.39, 0.29) is 11.6 Å². The normalized spacial score (nSPS) is 16.2. The first-order chi connectivity index (χ1) is 15.1. The molecule has 2 N–H and O–H groups in total. The van der Waals surface area contributed by atoms with Gasteiger partial charge in [0.15, 0.2) is 23.1 Å². The topological polar surface area (TPSA) is 81.3 Å². The Morgan fingerprint density at radius 3 is 2.81 bits per heavy atom. The van der Waals surface area contributed by atoms with E-state index >= 15 is 0 Å². The van der Waals surface area contributed by atoms with Crippen LogP contribution < -0.4 is 19.5 Å². The van der Waals surface area contributed by atoms with Gasteiger partial charge in [-0.1, -0.05) is 0 Å². The quantitative estimate of drug-likeness (QED) is 0.477. The number of nitrogens with one attached hydrogen (secondary N) is 2. The average Bonchev–Trinajstić information content (AvgIpc) is 3.43. The summed E-state index contributed by atoms with van der Waals surface area (Å²) in [7, 11) is 1.58. The van der Waals surface area contributed by atoms with Crippen molar-refractivity contribution < 1.29 is 18.6 Å². The number of hydrogen-bond acceptors (Lipinski definition) is 6. The Bertz CT molecular complexity index is 1250. The summed E-state index contributed by atoms with van der Waals surface area (Å²) in [5, 5.41) is 4.49. The number of rotatable bonds is 6. The number of methoxy groups -OCH3 is 1. The Kier molecular flexibility index (Phi) is 5.07. The number of nitrogens with zero attached hydrogens (tertiary/aromatic N) is 2. The number of aryl methyl sites for hydroxylation is 1. The van der Waals surface area contributed by atoms with Crippen LogP contribution in [0, 0.1) is 12.7 Å². The zero-order valence-corrected chi connectivity index (χ0v) is 17.4. The molecule has 0 aliphatic carbocycles. The van der Waals surface area contributed by atoms with Gasteiger partial charge in [-0.3, -0.25) is 0 Å². The fraction of sp³-hybridized carbons (Fsp3) is 0.304. The second-order valence-corrected chi connectivity index (χ2v) is 7.70. The van der Waals surface area contributed by atoms with Crippen LogP contribution in [0.2, 0.25) is 0 Å². The lowest BCUT2D eigenvalue weighted by atomic mass is 10.2. The van der Waals surface area contributed by atoms with Crippen molar-refractivity contribution in [2.75, 3.05) is 20.3 Å². The third kappa shape index (κ3) is 3.74. The maximum Gasteiger partial charge on any atom is 0.230 e. The van der Waals surface area contributed by atoms with Gasteiger partial charge in [-0.25, -0.2) is 14.4 Å². The maximum absolute atomic E-state index is 15.0. The second-order valence-electron chi connectivity index (χ2n) is 7.70. The number of H-pyrrole nitrogens is 1. The van der Waals surface area contributed by atoms with Crippen LogP contribution in [-0.2, 0) is 0 Å². The first kappa shape index (κ1) is 19.6. The molecule has 0 unspecified atom stereocenters. The van der Waals surface area contributed by atoms with Gasteiger partial charge < -0.3 is 24.5 Å². The van der Waals surface area contributed by atoms with E-state index < -0.39 is 5.82 Å². The fourth-order valence-electron chi connectivity index (χ4n) is 3.95. The van der Waals surface area contributed by atoms with Gasteiger partial charge in [0, 0.05) is 28.7 Å². The summed E-state index contributed by atoms with van der Waals surface area (Å²) in [4.78, 5) is 11.7. The summed E-state index contributed by atoms with van der Waals surface area (Å²) in [6, 6.07) is 9.02. The van der Waals surface area contributed by atoms with E-state index in [0.717, 1.165) is 30.6 Å². The number of halogens is 1. The summed E-state index contributed by atoms with van der Waals surface area (Å²) in [6.07, 6.45) is 3.64. The first-order valence-electron chi connectivity index (χ1n) is 10.3. The lowest BCUT2D eigenvalue weighted by molar-refractivity contribution is 0.263. The summed E-state index contributed by atoms with van der Waals surface area (Å²) >= 11 is 0. The molecule has 0 amide bonds. The molecule has 0 spiro atoms. The highest BCUT2D eigenvalue weighted by Crippen LogP contribution is 2.37. The number of benzene rings is 2. The molecule has 8 heteroatoms. The minimum atomic E-state index is -0.440. The largest absolute Gasteiger partial charge is 0.493 e. The van der Waals surface area contributed by atoms with Gasteiger partial charge in [0.05, 0.1) is 18.0 Å². The summed E-state index contributed by atoms with van der Waals surface area (Å²) in [5.74, 6) is 1.05. The van der Waals surface area contributed by atoms with E-state index in [1.54, 1.807) is 37.4 Å². The van der Waals surface area contributed by atoms with Gasteiger partial charge in [0.25, 0.3) is 0 Å². The molecular weight excluding hydrogens is 399 g/mol. The molecule has 0 saturated carbocycles. The van der Waals surface area contributed by atoms with Crippen molar-refractivity contribution >= 4 is 21.8 Å². The number of aromatic nitrogens is 3. The van der Waals surface area contributed by atoms with E-state index in [4.69, 9.17) is 14.2 Å². The predicted molar refractivity (Wildman–Crippen MR) is 116 cm³/mol. The molecule has 1 aliphatic heterocycles. The summed E-state index contributed by atoms with van der Waals surface area (Å²) < 4.78 is 32.4. The van der Waals surface area contributed by atoms with Gasteiger partial charge in [0.2, 0.25) is 5.88 Å². The Morgan fingerprint density at radius 1 is 1.10 bits per heavy atom. The summed E-state index contributed by atoms with van der Waals surface area (Å²) in [5.41, 5.74) is 2.22. The third-order valence-electron chi connectivity index (χ3n) is 5.53. The minimum absolute atomic E-state index is 0.0955. The predicted octanol–water partition coefficient (Wildman–Crippen LogP) is 4.49. The first-order valence-corrected chi connectivity index (χ1v) is 10.3. The van der Waals surface area contributed by atoms with E-state index in [0.29, 0.717) is 40.4 Å². The molecule has 7 nitrogen and oxygen atoms in total. The van der Waals surface area contributed by atoms with Gasteiger partial charge in [-0.15, -0.1) is 0 Å². The fourth-order valence-corrected chi connectivity index (χ4v) is 3.95. The highest BCUT2D eigenvalue weighted by molar-refractivity contribution is 5.87. The van der Waals surface area contributed by atoms with Crippen LogP contribution in [0.1, 0.15) is 18.5 Å². The Labute approximate surface area is 178 Å². The smallest absolute Gasteiger partial charge is 0.230 e. The van der Waals surface area contributed by atoms with Crippen LogP contribution in [0.5, 0.6) is 23.1 Å². The standard InChI is InChI=1S/C23H23FN4O3/c1-13-8-15-17(28-13)5-6-19(22(15)24)31-23-16-9-20(29-2)21(10-18(16)26-12-27-23)30-11-14-4-3-7-25-14/h5-6,8-10,12,14,25,28H,3-4,7,11H2,1-2H3/t14-/m1/s1. The molecule has 31 heavy (non-hydrogen) atoms. The van der Waals surface area contributed by atoms with E-state index in [1.165, 1.54) is 6.33 Å². The molecule has 160 valence electrons. The van der Waals surface area contributed by atoms with Crippen molar-refractivity contribution in [2.45, 2.75) is 25.8 Å². The highest BCUT2D eigenvalue weighted by Gasteiger charge is 2.18. The Morgan fingerprint density at radius 2 is 2.00 bits per heavy atom. The van der Waals surface area contributed by atoms with Crippen LogP contribution in [0.4, 0.5) is 4.39 Å². The molecular formula is C23H23FN4O3. The average molecular weight is 422 g/mol. The zero-order valence-electron chi connectivity index (χ0n) is 17.4. The lowest BCUT2D eigenvalue weighted by Gasteiger charge is -2.16. The molecule has 1 saturated heterocycles. The van der Waals surface area contributed by atoms with Crippen molar-refractivity contribution in [3.63, 3.8) is 0 Å². The number of ether oxygens (including phenoxy) is 3. The van der Waals surface area contributed by atoms with Crippen LogP contribution in [0.3, 0.4) is 0 Å². The van der Waals surface area contributed by atoms with Crippen molar-refractivity contribution in [1.29, 1.82) is 0 Å². The van der Waals surface area contributed by atoms with E-state index in [9.17, 15) is 4.39 Å². The molecule has 1 fully saturated rings. The number of hydrogen-bond donors (Lipinski definition) is 2. The maximum atomic E-state index is 15.0. The molecule has 2 aromatic heterocycles. The van der Waals surface area contributed by atoms with Crippen LogP contribution in [0.15, 0.2) is 36.7 Å². The molecule has 2 aromatic carbocycles. The van der Waals surface area contributed by atoms with Crippen molar-refractivity contribution in [2.24, 2.45) is 0 Å². The van der Waals surface area contributed by atoms with Crippen LogP contribution in [0.25, 0.3) is 21.8 Å². The van der Waals surface area contributed by atoms with Crippen LogP contribution in [-0.4, -0.2) is 41.3 Å². The van der Waals surface area contributed by atoms with Crippen molar-refractivity contribution in [3.8, 4) is 23.1 Å². The molecule has 5 rings (SSSR count). The van der Waals surface area contributed by atoms with Gasteiger partial charge in [0.1, 0.15) is 12.9 Å². The number of fused-ring (bicyclic) bond motifs is 2. The number of aromatic amines is 1. The Hall–Kier alpha value is -3.39. The zero-order chi connectivity index (χ0) is 21.4. The molecule has 1 aliphatic rings. The van der Waals surface area contributed by atoms with Crippen molar-refractivity contribution in [3.05, 3.63) is 48.2 Å². The molecule has 1 atom stereocenters.